The fourth-order valence-corrected chi connectivity index (χ4v) is 11.5. The van der Waals surface area contributed by atoms with E-state index in [1.807, 2.05) is 36.5 Å². The standard InChI is InChI=1S/C97H146O17P2/c1-5-9-13-17-21-25-29-33-37-41-45-49-53-57-61-65-69-73-77-81-94(99)107-87-92(113-96(101)83-79-75-71-67-63-59-55-51-47-43-39-35-31-27-23-19-15-11-7-3)89-111-115(103,104)109-85-91(98)86-110-116(105,106)112-90-93(114-97(102)84-80-76-72-68-64-60-56-52-48-44-40-36-32-28-24-20-16-12-8-4)88-108-95(100)82-78-74-70-66-62-58-54-50-46-42-38-34-30-26-22-18-14-10-6-2/h9-16,21-28,33-40,45-52,57-64,69-70,73-74,91-93,98H,5-8,17-20,29-32,41-44,53-56,65-68,71-72,75-90H2,1-4H3,(H,103,104)(H,105,106)/b13-9-,14-10-,15-11-,16-12-,25-21-,26-22-,27-23-,28-24-,37-33-,38-34-,39-35-,40-36-,49-45-,50-46-,51-47-,52-48-,61-57-,62-58-,63-59-,64-60-,73-69-,74-70-/t92-,93-/m1/s1. The van der Waals surface area contributed by atoms with Crippen molar-refractivity contribution in [1.29, 1.82) is 0 Å². The summed E-state index contributed by atoms with van der Waals surface area (Å²) in [6, 6.07) is 0. The molecular formula is C97H146O17P2. The lowest BCUT2D eigenvalue weighted by Crippen LogP contribution is -2.30. The van der Waals surface area contributed by atoms with Crippen molar-refractivity contribution in [3.05, 3.63) is 267 Å². The first-order valence-electron chi connectivity index (χ1n) is 42.6. The molecule has 0 bridgehead atoms. The van der Waals surface area contributed by atoms with Gasteiger partial charge < -0.3 is 33.8 Å². The summed E-state index contributed by atoms with van der Waals surface area (Å²) in [5.41, 5.74) is 0. The smallest absolute Gasteiger partial charge is 0.462 e. The summed E-state index contributed by atoms with van der Waals surface area (Å²) in [5.74, 6) is -2.49. The number of esters is 4. The van der Waals surface area contributed by atoms with Gasteiger partial charge in [-0.05, 0) is 193 Å². The molecule has 0 aliphatic heterocycles. The molecule has 0 fully saturated rings. The van der Waals surface area contributed by atoms with Crippen LogP contribution in [0.5, 0.6) is 0 Å². The average Bonchev–Trinajstić information content (AvgIpc) is 0.898. The molecule has 0 radical (unpaired) electrons. The van der Waals surface area contributed by atoms with Crippen LogP contribution in [0.25, 0.3) is 0 Å². The number of carbonyl (C=O) groups excluding carboxylic acids is 4. The van der Waals surface area contributed by atoms with E-state index in [-0.39, 0.29) is 25.7 Å². The molecule has 116 heavy (non-hydrogen) atoms. The molecule has 0 saturated carbocycles. The zero-order chi connectivity index (χ0) is 84.5. The monoisotopic (exact) mass is 1650 g/mol. The molecule has 0 aromatic carbocycles. The number of hydrogen-bond donors (Lipinski definition) is 3. The first-order valence-corrected chi connectivity index (χ1v) is 45.6. The Morgan fingerprint density at radius 1 is 0.241 bits per heavy atom. The van der Waals surface area contributed by atoms with Crippen molar-refractivity contribution in [2.45, 2.75) is 277 Å². The molecule has 0 aromatic heterocycles. The second-order valence-corrected chi connectivity index (χ2v) is 29.8. The van der Waals surface area contributed by atoms with Crippen LogP contribution in [0.3, 0.4) is 0 Å². The third-order valence-electron chi connectivity index (χ3n) is 16.2. The number of aliphatic hydroxyl groups excluding tert-OH is 1. The largest absolute Gasteiger partial charge is 0.472 e. The van der Waals surface area contributed by atoms with E-state index < -0.39 is 97.5 Å². The normalized spacial score (nSPS) is 15.1. The van der Waals surface area contributed by atoms with E-state index >= 15 is 0 Å². The van der Waals surface area contributed by atoms with Crippen LogP contribution in [-0.4, -0.2) is 96.7 Å². The van der Waals surface area contributed by atoms with E-state index in [1.54, 1.807) is 0 Å². The Kier molecular flexibility index (Phi) is 79.6. The number of allylic oxidation sites excluding steroid dienone is 44. The molecule has 2 unspecified atom stereocenters. The van der Waals surface area contributed by atoms with Crippen molar-refractivity contribution in [3.8, 4) is 0 Å². The van der Waals surface area contributed by atoms with E-state index in [0.717, 1.165) is 167 Å². The number of hydrogen-bond acceptors (Lipinski definition) is 15. The van der Waals surface area contributed by atoms with Crippen molar-refractivity contribution < 1.29 is 80.2 Å². The number of phosphoric acid groups is 2. The maximum atomic E-state index is 13.2. The van der Waals surface area contributed by atoms with Crippen LogP contribution in [0.4, 0.5) is 0 Å². The Labute approximate surface area is 700 Å². The zero-order valence-corrected chi connectivity index (χ0v) is 72.6. The van der Waals surface area contributed by atoms with Crippen molar-refractivity contribution >= 4 is 39.5 Å². The first kappa shape index (κ1) is 108. The summed E-state index contributed by atoms with van der Waals surface area (Å²) < 4.78 is 68.6. The predicted octanol–water partition coefficient (Wildman–Crippen LogP) is 25.9. The van der Waals surface area contributed by atoms with Gasteiger partial charge in [0.05, 0.1) is 26.4 Å². The lowest BCUT2D eigenvalue weighted by atomic mass is 10.1. The molecule has 646 valence electrons. The van der Waals surface area contributed by atoms with Crippen LogP contribution < -0.4 is 0 Å². The van der Waals surface area contributed by atoms with Gasteiger partial charge in [-0.3, -0.25) is 37.3 Å². The van der Waals surface area contributed by atoms with E-state index in [0.29, 0.717) is 38.5 Å². The Morgan fingerprint density at radius 2 is 0.440 bits per heavy atom. The molecule has 0 spiro atoms. The molecule has 0 aliphatic carbocycles. The van der Waals surface area contributed by atoms with Crippen LogP contribution in [0, 0.1) is 0 Å². The molecule has 17 nitrogen and oxygen atoms in total. The minimum Gasteiger partial charge on any atom is -0.462 e. The number of carbonyl (C=O) groups is 4. The Morgan fingerprint density at radius 3 is 0.664 bits per heavy atom. The third-order valence-corrected chi connectivity index (χ3v) is 18.1. The van der Waals surface area contributed by atoms with Crippen molar-refractivity contribution in [2.75, 3.05) is 39.6 Å². The van der Waals surface area contributed by atoms with Gasteiger partial charge in [0, 0.05) is 25.7 Å². The lowest BCUT2D eigenvalue weighted by Gasteiger charge is -2.21. The van der Waals surface area contributed by atoms with Crippen molar-refractivity contribution in [3.63, 3.8) is 0 Å². The van der Waals surface area contributed by atoms with Gasteiger partial charge in [-0.2, -0.15) is 0 Å². The fourth-order valence-electron chi connectivity index (χ4n) is 9.91. The molecule has 0 aliphatic rings. The second-order valence-electron chi connectivity index (χ2n) is 26.9. The summed E-state index contributed by atoms with van der Waals surface area (Å²) >= 11 is 0. The Balaban J connectivity index is 5.64. The number of aliphatic hydroxyl groups is 1. The van der Waals surface area contributed by atoms with E-state index in [1.165, 1.54) is 0 Å². The SMILES string of the molecule is CC/C=C\C/C=C\C/C=C\C/C=C\C/C=C\C/C=C\CCC(=O)OC[C@H](COP(=O)(O)OCC(O)COP(=O)(O)OC[C@@H](COC(=O)CC/C=C\C/C=C\C/C=C\C/C=C\C/C=C\C/C=C\CC)OC(=O)CCCCC/C=C\C/C=C\C/C=C\C/C=C\C/C=C\CC)OC(=O)CCCCC/C=C\C/C=C\C/C=C\C/C=C\C/C=C\CC. The quantitative estimate of drug-likeness (QED) is 0.0169. The van der Waals surface area contributed by atoms with Gasteiger partial charge in [-0.1, -0.05) is 308 Å². The van der Waals surface area contributed by atoms with Gasteiger partial charge in [0.15, 0.2) is 12.2 Å². The molecule has 0 saturated heterocycles. The summed E-state index contributed by atoms with van der Waals surface area (Å²) in [4.78, 5) is 73.3. The van der Waals surface area contributed by atoms with E-state index in [9.17, 15) is 43.2 Å². The van der Waals surface area contributed by atoms with Crippen molar-refractivity contribution in [1.82, 2.24) is 0 Å². The molecular weight excluding hydrogens is 1500 g/mol. The maximum Gasteiger partial charge on any atom is 0.472 e. The van der Waals surface area contributed by atoms with E-state index in [2.05, 4.69) is 259 Å². The first-order chi connectivity index (χ1) is 56.7. The minimum atomic E-state index is -5.04. The fraction of sp³-hybridized carbons (Fsp3) is 0.505. The van der Waals surface area contributed by atoms with Gasteiger partial charge >= 0.3 is 39.5 Å². The van der Waals surface area contributed by atoms with Crippen LogP contribution in [0.1, 0.15) is 259 Å². The summed E-state index contributed by atoms with van der Waals surface area (Å²) in [5, 5.41) is 10.7. The molecule has 4 atom stereocenters. The van der Waals surface area contributed by atoms with Gasteiger partial charge in [0.25, 0.3) is 0 Å². The summed E-state index contributed by atoms with van der Waals surface area (Å²) in [6.45, 7) is 4.12. The van der Waals surface area contributed by atoms with Gasteiger partial charge in [0.2, 0.25) is 0 Å². The van der Waals surface area contributed by atoms with E-state index in [4.69, 9.17) is 37.0 Å². The van der Waals surface area contributed by atoms with Gasteiger partial charge in [-0.15, -0.1) is 0 Å². The highest BCUT2D eigenvalue weighted by Gasteiger charge is 2.30. The zero-order valence-electron chi connectivity index (χ0n) is 70.8. The minimum absolute atomic E-state index is 0.0135. The highest BCUT2D eigenvalue weighted by Crippen LogP contribution is 2.45. The van der Waals surface area contributed by atoms with Crippen LogP contribution in [0.15, 0.2) is 267 Å². The summed E-state index contributed by atoms with van der Waals surface area (Å²) in [6.07, 6.45) is 115. The van der Waals surface area contributed by atoms with Crippen LogP contribution >= 0.6 is 15.6 Å². The molecule has 0 heterocycles. The number of rotatable bonds is 76. The molecule has 3 N–H and O–H groups in total. The number of unbranched alkanes of at least 4 members (excludes halogenated alkanes) is 6. The summed E-state index contributed by atoms with van der Waals surface area (Å²) in [7, 11) is -10.1. The Bertz CT molecular complexity index is 3050. The lowest BCUT2D eigenvalue weighted by molar-refractivity contribution is -0.161. The highest BCUT2D eigenvalue weighted by atomic mass is 31.2. The molecule has 19 heteroatoms. The number of ether oxygens (including phenoxy) is 4. The molecule has 0 aromatic rings. The maximum absolute atomic E-state index is 13.2. The van der Waals surface area contributed by atoms with Crippen LogP contribution in [0.2, 0.25) is 0 Å². The Hall–Kier alpha value is -7.66. The second kappa shape index (κ2) is 85.2. The van der Waals surface area contributed by atoms with Gasteiger partial charge in [-0.25, -0.2) is 9.13 Å². The predicted molar refractivity (Wildman–Crippen MR) is 481 cm³/mol. The highest BCUT2D eigenvalue weighted by molar-refractivity contribution is 7.47. The average molecular weight is 1650 g/mol. The number of phosphoric ester groups is 2. The van der Waals surface area contributed by atoms with Crippen molar-refractivity contribution in [2.24, 2.45) is 0 Å². The molecule has 0 rings (SSSR count). The third kappa shape index (κ3) is 84.3. The molecule has 0 amide bonds. The van der Waals surface area contributed by atoms with Crippen LogP contribution in [-0.2, 0) is 65.4 Å². The van der Waals surface area contributed by atoms with Gasteiger partial charge in [0.1, 0.15) is 19.3 Å². The topological polar surface area (TPSA) is 237 Å².